The second kappa shape index (κ2) is 7.78. The average Bonchev–Trinajstić information content (AvgIpc) is 2.85. The van der Waals surface area contributed by atoms with E-state index in [2.05, 4.69) is 17.4 Å². The predicted molar refractivity (Wildman–Crippen MR) is 81.1 cm³/mol. The van der Waals surface area contributed by atoms with Crippen LogP contribution >= 0.6 is 11.8 Å². The summed E-state index contributed by atoms with van der Waals surface area (Å²) >= 11 is 1.90. The van der Waals surface area contributed by atoms with Crippen molar-refractivity contribution in [2.24, 2.45) is 0 Å². The molecular weight excluding hydrogens is 258 g/mol. The fraction of sp³-hybridized carbons (Fsp3) is 0.600. The summed E-state index contributed by atoms with van der Waals surface area (Å²) in [6, 6.07) is 6.88. The van der Waals surface area contributed by atoms with Gasteiger partial charge in [0.25, 0.3) is 0 Å². The Morgan fingerprint density at radius 2 is 2.32 bits per heavy atom. The van der Waals surface area contributed by atoms with Crippen molar-refractivity contribution in [1.82, 2.24) is 5.32 Å². The first-order valence-electron chi connectivity index (χ1n) is 6.94. The Balaban J connectivity index is 1.78. The van der Waals surface area contributed by atoms with Gasteiger partial charge in [-0.3, -0.25) is 0 Å². The molecule has 1 aromatic rings. The molecule has 0 bridgehead atoms. The second-order valence-corrected chi connectivity index (χ2v) is 6.02. The third-order valence-electron chi connectivity index (χ3n) is 3.51. The van der Waals surface area contributed by atoms with Crippen LogP contribution in [-0.2, 0) is 6.42 Å². The zero-order chi connectivity index (χ0) is 13.5. The topological polar surface area (TPSA) is 41.5 Å². The van der Waals surface area contributed by atoms with Crippen molar-refractivity contribution >= 4 is 11.8 Å². The Morgan fingerprint density at radius 1 is 1.42 bits per heavy atom. The Bertz CT molecular complexity index is 398. The number of aliphatic hydroxyl groups is 1. The maximum absolute atomic E-state index is 8.71. The highest BCUT2D eigenvalue weighted by Crippen LogP contribution is 2.33. The molecule has 1 atom stereocenters. The molecule has 0 spiro atoms. The number of nitrogens with one attached hydrogen (secondary N) is 1. The quantitative estimate of drug-likeness (QED) is 0.718. The lowest BCUT2D eigenvalue weighted by Gasteiger charge is -2.14. The first kappa shape index (κ1) is 14.7. The Hall–Kier alpha value is -0.710. The van der Waals surface area contributed by atoms with Crippen LogP contribution in [0.3, 0.4) is 0 Å². The Morgan fingerprint density at radius 3 is 3.11 bits per heavy atom. The van der Waals surface area contributed by atoms with Crippen LogP contribution in [0, 0.1) is 0 Å². The summed E-state index contributed by atoms with van der Waals surface area (Å²) in [5.74, 6) is 3.10. The second-order valence-electron chi connectivity index (χ2n) is 4.80. The van der Waals surface area contributed by atoms with Gasteiger partial charge < -0.3 is 15.2 Å². The van der Waals surface area contributed by atoms with E-state index < -0.39 is 0 Å². The molecule has 19 heavy (non-hydrogen) atoms. The van der Waals surface area contributed by atoms with Gasteiger partial charge in [-0.05, 0) is 48.3 Å². The number of hydrogen-bond acceptors (Lipinski definition) is 4. The highest BCUT2D eigenvalue weighted by atomic mass is 32.2. The van der Waals surface area contributed by atoms with Crippen molar-refractivity contribution in [3.8, 4) is 5.75 Å². The summed E-state index contributed by atoms with van der Waals surface area (Å²) in [6.45, 7) is 1.33. The van der Waals surface area contributed by atoms with Crippen molar-refractivity contribution in [3.05, 3.63) is 29.3 Å². The number of hydrogen-bond donors (Lipinski definition) is 2. The lowest BCUT2D eigenvalue weighted by atomic mass is 10.1. The third kappa shape index (κ3) is 4.13. The average molecular weight is 281 g/mol. The van der Waals surface area contributed by atoms with Crippen LogP contribution < -0.4 is 10.1 Å². The number of benzene rings is 1. The van der Waals surface area contributed by atoms with Crippen molar-refractivity contribution < 1.29 is 9.84 Å². The molecule has 0 aliphatic heterocycles. The molecule has 0 radical (unpaired) electrons. The van der Waals surface area contributed by atoms with Crippen molar-refractivity contribution in [2.45, 2.75) is 25.3 Å². The van der Waals surface area contributed by atoms with Gasteiger partial charge in [-0.25, -0.2) is 0 Å². The summed E-state index contributed by atoms with van der Waals surface area (Å²) in [7, 11) is 1.72. The minimum Gasteiger partial charge on any atom is -0.497 e. The molecule has 0 fully saturated rings. The summed E-state index contributed by atoms with van der Waals surface area (Å²) in [4.78, 5) is 0. The zero-order valence-electron chi connectivity index (χ0n) is 11.5. The van der Waals surface area contributed by atoms with Gasteiger partial charge in [-0.15, -0.1) is 0 Å². The molecule has 4 heteroatoms. The van der Waals surface area contributed by atoms with E-state index in [-0.39, 0.29) is 0 Å². The zero-order valence-corrected chi connectivity index (χ0v) is 12.3. The van der Waals surface area contributed by atoms with Crippen molar-refractivity contribution in [3.63, 3.8) is 0 Å². The van der Waals surface area contributed by atoms with Crippen LogP contribution in [0.1, 0.15) is 30.0 Å². The molecule has 0 heterocycles. The molecule has 1 aliphatic rings. The van der Waals surface area contributed by atoms with Crippen molar-refractivity contribution in [1.29, 1.82) is 0 Å². The smallest absolute Gasteiger partial charge is 0.119 e. The van der Waals surface area contributed by atoms with Gasteiger partial charge >= 0.3 is 0 Å². The molecular formula is C15H23NO2S. The number of aliphatic hydroxyl groups excluding tert-OH is 1. The Kier molecular flexibility index (Phi) is 6.01. The van der Waals surface area contributed by atoms with E-state index >= 15 is 0 Å². The minimum atomic E-state index is 0.302. The van der Waals surface area contributed by atoms with Gasteiger partial charge in [0.1, 0.15) is 5.75 Å². The number of thioether (sulfide) groups is 1. The monoisotopic (exact) mass is 281 g/mol. The molecule has 2 rings (SSSR count). The summed E-state index contributed by atoms with van der Waals surface area (Å²) < 4.78 is 5.30. The van der Waals surface area contributed by atoms with Crippen LogP contribution in [-0.4, -0.2) is 36.9 Å². The van der Waals surface area contributed by atoms with Gasteiger partial charge in [0.15, 0.2) is 0 Å². The molecule has 0 saturated heterocycles. The van der Waals surface area contributed by atoms with Gasteiger partial charge in [0.2, 0.25) is 0 Å². The van der Waals surface area contributed by atoms with E-state index in [0.29, 0.717) is 12.6 Å². The molecule has 1 aliphatic carbocycles. The van der Waals surface area contributed by atoms with E-state index in [9.17, 15) is 0 Å². The number of aryl methyl sites for hydroxylation is 1. The lowest BCUT2D eigenvalue weighted by Crippen LogP contribution is -2.22. The molecule has 0 aromatic heterocycles. The van der Waals surface area contributed by atoms with Crippen LogP contribution in [0.5, 0.6) is 5.75 Å². The molecule has 1 aromatic carbocycles. The van der Waals surface area contributed by atoms with E-state index in [1.54, 1.807) is 7.11 Å². The largest absolute Gasteiger partial charge is 0.497 e. The van der Waals surface area contributed by atoms with E-state index in [0.717, 1.165) is 36.6 Å². The van der Waals surface area contributed by atoms with Gasteiger partial charge in [-0.1, -0.05) is 6.07 Å². The number of fused-ring (bicyclic) bond motifs is 1. The first-order chi connectivity index (χ1) is 9.35. The third-order valence-corrected chi connectivity index (χ3v) is 4.58. The number of methoxy groups -OCH3 is 1. The Labute approximate surface area is 119 Å². The van der Waals surface area contributed by atoms with Crippen LogP contribution in [0.4, 0.5) is 0 Å². The summed E-state index contributed by atoms with van der Waals surface area (Å²) in [5.41, 5.74) is 2.85. The standard InChI is InChI=1S/C15H23NO2S/c1-18-13-5-3-12-4-6-15(14(12)11-13)16-7-10-19-9-2-8-17/h3,5,11,15-17H,2,4,6-10H2,1H3. The summed E-state index contributed by atoms with van der Waals surface area (Å²) in [5, 5.41) is 12.3. The number of rotatable bonds is 8. The van der Waals surface area contributed by atoms with Crippen LogP contribution in [0.15, 0.2) is 18.2 Å². The first-order valence-corrected chi connectivity index (χ1v) is 8.09. The maximum Gasteiger partial charge on any atom is 0.119 e. The van der Waals surface area contributed by atoms with Gasteiger partial charge in [0.05, 0.1) is 7.11 Å². The predicted octanol–water partition coefficient (Wildman–Crippen LogP) is 2.39. The molecule has 1 unspecified atom stereocenters. The van der Waals surface area contributed by atoms with Gasteiger partial charge in [-0.2, -0.15) is 11.8 Å². The fourth-order valence-electron chi connectivity index (χ4n) is 2.49. The normalized spacial score (nSPS) is 17.5. The highest BCUT2D eigenvalue weighted by molar-refractivity contribution is 7.99. The highest BCUT2D eigenvalue weighted by Gasteiger charge is 2.22. The lowest BCUT2D eigenvalue weighted by molar-refractivity contribution is 0.296. The SMILES string of the molecule is COc1ccc2c(c1)C(NCCSCCCO)CC2. The number of ether oxygens (including phenoxy) is 1. The minimum absolute atomic E-state index is 0.302. The molecule has 3 nitrogen and oxygen atoms in total. The maximum atomic E-state index is 8.71. The molecule has 2 N–H and O–H groups in total. The molecule has 106 valence electrons. The summed E-state index contributed by atoms with van der Waals surface area (Å²) in [6.07, 6.45) is 3.24. The van der Waals surface area contributed by atoms with E-state index in [1.165, 1.54) is 17.5 Å². The van der Waals surface area contributed by atoms with E-state index in [1.807, 2.05) is 17.8 Å². The van der Waals surface area contributed by atoms with Gasteiger partial charge in [0, 0.05) is 24.9 Å². The van der Waals surface area contributed by atoms with Crippen LogP contribution in [0.25, 0.3) is 0 Å². The van der Waals surface area contributed by atoms with E-state index in [4.69, 9.17) is 9.84 Å². The molecule has 0 saturated carbocycles. The fourth-order valence-corrected chi connectivity index (χ4v) is 3.29. The molecule has 0 amide bonds. The van der Waals surface area contributed by atoms with Crippen LogP contribution in [0.2, 0.25) is 0 Å². The van der Waals surface area contributed by atoms with Crippen molar-refractivity contribution in [2.75, 3.05) is 31.8 Å².